The number of halogens is 3. The van der Waals surface area contributed by atoms with Gasteiger partial charge in [0.05, 0.1) is 11.1 Å². The third-order valence-corrected chi connectivity index (χ3v) is 7.51. The minimum absolute atomic E-state index is 0.00273. The van der Waals surface area contributed by atoms with Gasteiger partial charge in [0, 0.05) is 64.1 Å². The number of nitrogens with one attached hydrogen (secondary N) is 1. The zero-order valence-electron chi connectivity index (χ0n) is 19.2. The summed E-state index contributed by atoms with van der Waals surface area (Å²) in [6, 6.07) is 16.4. The number of benzene rings is 2. The molecule has 184 valence electrons. The molecule has 5 rings (SSSR count). The second-order valence-electron chi connectivity index (χ2n) is 8.58. The molecule has 0 spiro atoms. The van der Waals surface area contributed by atoms with Gasteiger partial charge in [-0.15, -0.1) is 11.8 Å². The molecule has 1 aliphatic rings. The Kier molecular flexibility index (Phi) is 6.82. The minimum atomic E-state index is -4.42. The van der Waals surface area contributed by atoms with E-state index >= 15 is 0 Å². The number of rotatable bonds is 5. The van der Waals surface area contributed by atoms with E-state index in [4.69, 9.17) is 0 Å². The number of pyridine rings is 2. The molecule has 0 bridgehead atoms. The van der Waals surface area contributed by atoms with E-state index in [1.54, 1.807) is 42.7 Å². The molecule has 0 aliphatic carbocycles. The van der Waals surface area contributed by atoms with E-state index in [0.29, 0.717) is 35.0 Å². The Morgan fingerprint density at radius 1 is 0.944 bits per heavy atom. The summed E-state index contributed by atoms with van der Waals surface area (Å²) in [6.07, 6.45) is 2.50. The summed E-state index contributed by atoms with van der Waals surface area (Å²) < 4.78 is 39.1. The number of aromatic nitrogens is 2. The fourth-order valence-electron chi connectivity index (χ4n) is 4.25. The third-order valence-electron chi connectivity index (χ3n) is 6.16. The first-order valence-corrected chi connectivity index (χ1v) is 12.4. The van der Waals surface area contributed by atoms with Crippen LogP contribution in [0.3, 0.4) is 0 Å². The first-order valence-electron chi connectivity index (χ1n) is 11.6. The van der Waals surface area contributed by atoms with Gasteiger partial charge in [-0.1, -0.05) is 6.07 Å². The van der Waals surface area contributed by atoms with Crippen LogP contribution in [0.15, 0.2) is 84.1 Å². The summed E-state index contributed by atoms with van der Waals surface area (Å²) in [5, 5.41) is 4.29. The van der Waals surface area contributed by atoms with Gasteiger partial charge in [-0.2, -0.15) is 13.2 Å². The van der Waals surface area contributed by atoms with Crippen molar-refractivity contribution in [1.29, 1.82) is 0 Å². The predicted octanol–water partition coefficient (Wildman–Crippen LogP) is 6.79. The molecule has 9 heteroatoms. The molecular weight excluding hydrogens is 485 g/mol. The number of thioether (sulfide) groups is 1. The number of hydrogen-bond acceptors (Lipinski definition) is 5. The van der Waals surface area contributed by atoms with Crippen LogP contribution >= 0.6 is 11.8 Å². The molecule has 5 nitrogen and oxygen atoms in total. The molecule has 4 aromatic rings. The van der Waals surface area contributed by atoms with Crippen LogP contribution in [0.2, 0.25) is 0 Å². The molecule has 0 atom stereocenters. The van der Waals surface area contributed by atoms with Crippen LogP contribution in [-0.2, 0) is 6.18 Å². The first-order chi connectivity index (χ1) is 17.4. The number of nitrogens with zero attached hydrogens (tertiary/aromatic N) is 3. The fraction of sp³-hybridized carbons (Fsp3) is 0.222. The van der Waals surface area contributed by atoms with Gasteiger partial charge in [0.1, 0.15) is 0 Å². The first kappa shape index (κ1) is 24.1. The van der Waals surface area contributed by atoms with E-state index in [9.17, 15) is 18.0 Å². The highest BCUT2D eigenvalue weighted by Crippen LogP contribution is 2.34. The lowest BCUT2D eigenvalue weighted by molar-refractivity contribution is -0.137. The van der Waals surface area contributed by atoms with Crippen molar-refractivity contribution >= 4 is 39.9 Å². The Balaban J connectivity index is 1.22. The van der Waals surface area contributed by atoms with Crippen LogP contribution in [-0.4, -0.2) is 39.1 Å². The molecule has 2 aromatic carbocycles. The number of fused-ring (bicyclic) bond motifs is 1. The fourth-order valence-corrected chi connectivity index (χ4v) is 5.36. The van der Waals surface area contributed by atoms with E-state index in [0.717, 1.165) is 30.7 Å². The molecule has 3 heterocycles. The summed E-state index contributed by atoms with van der Waals surface area (Å²) >= 11 is 1.83. The Morgan fingerprint density at radius 3 is 2.36 bits per heavy atom. The smallest absolute Gasteiger partial charge is 0.355 e. The Bertz CT molecular complexity index is 1360. The van der Waals surface area contributed by atoms with Crippen molar-refractivity contribution in [2.75, 3.05) is 18.4 Å². The Hall–Kier alpha value is -3.59. The largest absolute Gasteiger partial charge is 0.416 e. The van der Waals surface area contributed by atoms with E-state index in [2.05, 4.69) is 15.3 Å². The van der Waals surface area contributed by atoms with Gasteiger partial charge in [-0.05, 0) is 67.4 Å². The van der Waals surface area contributed by atoms with Crippen molar-refractivity contribution in [1.82, 2.24) is 14.9 Å². The van der Waals surface area contributed by atoms with E-state index in [-0.39, 0.29) is 11.4 Å². The monoisotopic (exact) mass is 508 g/mol. The van der Waals surface area contributed by atoms with Crippen LogP contribution in [0.1, 0.15) is 28.8 Å². The summed E-state index contributed by atoms with van der Waals surface area (Å²) in [4.78, 5) is 24.2. The second-order valence-corrected chi connectivity index (χ2v) is 9.96. The molecule has 0 saturated carbocycles. The molecule has 1 N–H and O–H groups in total. The normalized spacial score (nSPS) is 14.7. The van der Waals surface area contributed by atoms with Crippen molar-refractivity contribution in [2.24, 2.45) is 0 Å². The average Bonchev–Trinajstić information content (AvgIpc) is 2.89. The molecule has 0 radical (unpaired) electrons. The van der Waals surface area contributed by atoms with Gasteiger partial charge in [0.2, 0.25) is 0 Å². The van der Waals surface area contributed by atoms with Crippen molar-refractivity contribution in [2.45, 2.75) is 29.2 Å². The van der Waals surface area contributed by atoms with Gasteiger partial charge in [-0.3, -0.25) is 14.8 Å². The Morgan fingerprint density at radius 2 is 1.67 bits per heavy atom. The van der Waals surface area contributed by atoms with Crippen molar-refractivity contribution in [3.05, 3.63) is 90.4 Å². The van der Waals surface area contributed by atoms with Crippen LogP contribution in [0.5, 0.6) is 0 Å². The average molecular weight is 509 g/mol. The molecule has 1 saturated heterocycles. The SMILES string of the molecule is O=C(c1ccc(Nc2ccnc3cc(C(F)(F)F)ccc23)cc1)N1CCC(Sc2ccncc2)CC1. The lowest BCUT2D eigenvalue weighted by atomic mass is 10.1. The molecule has 1 aliphatic heterocycles. The summed E-state index contributed by atoms with van der Waals surface area (Å²) in [6.45, 7) is 1.43. The van der Waals surface area contributed by atoms with Crippen LogP contribution in [0.4, 0.5) is 24.5 Å². The topological polar surface area (TPSA) is 58.1 Å². The van der Waals surface area contributed by atoms with Crippen molar-refractivity contribution < 1.29 is 18.0 Å². The number of alkyl halides is 3. The maximum Gasteiger partial charge on any atom is 0.416 e. The highest BCUT2D eigenvalue weighted by Gasteiger charge is 2.30. The number of piperidine rings is 1. The highest BCUT2D eigenvalue weighted by atomic mass is 32.2. The van der Waals surface area contributed by atoms with Gasteiger partial charge in [0.15, 0.2) is 0 Å². The van der Waals surface area contributed by atoms with Gasteiger partial charge < -0.3 is 10.2 Å². The number of carbonyl (C=O) groups excluding carboxylic acids is 1. The maximum absolute atomic E-state index is 13.0. The highest BCUT2D eigenvalue weighted by molar-refractivity contribution is 8.00. The quantitative estimate of drug-likeness (QED) is 0.322. The Labute approximate surface area is 210 Å². The lowest BCUT2D eigenvalue weighted by Gasteiger charge is -2.31. The van der Waals surface area contributed by atoms with E-state index in [1.165, 1.54) is 17.2 Å². The maximum atomic E-state index is 13.0. The van der Waals surface area contributed by atoms with E-state index in [1.807, 2.05) is 28.8 Å². The zero-order valence-corrected chi connectivity index (χ0v) is 20.0. The number of likely N-dealkylation sites (tertiary alicyclic amines) is 1. The van der Waals surface area contributed by atoms with Crippen LogP contribution < -0.4 is 5.32 Å². The third kappa shape index (κ3) is 5.46. The van der Waals surface area contributed by atoms with Crippen LogP contribution in [0.25, 0.3) is 10.9 Å². The van der Waals surface area contributed by atoms with Gasteiger partial charge in [-0.25, -0.2) is 0 Å². The van der Waals surface area contributed by atoms with Crippen molar-refractivity contribution in [3.8, 4) is 0 Å². The number of carbonyl (C=O) groups is 1. The lowest BCUT2D eigenvalue weighted by Crippen LogP contribution is -2.39. The molecule has 1 fully saturated rings. The molecule has 36 heavy (non-hydrogen) atoms. The molecule has 0 unspecified atom stereocenters. The number of anilines is 2. The second kappa shape index (κ2) is 10.2. The minimum Gasteiger partial charge on any atom is -0.355 e. The standard InChI is InChI=1S/C27H23F3N4OS/c28-27(29,30)19-3-6-23-24(9-14-32-25(23)17-19)33-20-4-1-18(2-5-20)26(35)34-15-10-22(11-16-34)36-21-7-12-31-13-8-21/h1-9,12-14,17,22H,10-11,15-16H2,(H,32,33). The molecule has 1 amide bonds. The van der Waals surface area contributed by atoms with Crippen molar-refractivity contribution in [3.63, 3.8) is 0 Å². The molecule has 2 aromatic heterocycles. The summed E-state index contributed by atoms with van der Waals surface area (Å²) in [7, 11) is 0. The molecular formula is C27H23F3N4OS. The predicted molar refractivity (Wildman–Crippen MR) is 135 cm³/mol. The number of amides is 1. The van der Waals surface area contributed by atoms with Crippen LogP contribution in [0, 0.1) is 0 Å². The summed E-state index contributed by atoms with van der Waals surface area (Å²) in [5.41, 5.74) is 1.50. The number of hydrogen-bond donors (Lipinski definition) is 1. The van der Waals surface area contributed by atoms with Gasteiger partial charge >= 0.3 is 6.18 Å². The van der Waals surface area contributed by atoms with E-state index < -0.39 is 11.7 Å². The summed E-state index contributed by atoms with van der Waals surface area (Å²) in [5.74, 6) is 0.00273. The van der Waals surface area contributed by atoms with Gasteiger partial charge in [0.25, 0.3) is 5.91 Å². The zero-order chi connectivity index (χ0) is 25.1.